The molecule has 0 saturated carbocycles. The van der Waals surface area contributed by atoms with Gasteiger partial charge in [-0.2, -0.15) is 0 Å². The number of methoxy groups -OCH3 is 1. The second-order valence-corrected chi connectivity index (χ2v) is 11.6. The minimum Gasteiger partial charge on any atom is -0.490 e. The Morgan fingerprint density at radius 1 is 1.04 bits per heavy atom. The Labute approximate surface area is 269 Å². The number of hydrogen-bond acceptors (Lipinski definition) is 7. The highest BCUT2D eigenvalue weighted by atomic mass is 19.1. The molecule has 13 heteroatoms. The second-order valence-electron chi connectivity index (χ2n) is 11.6. The van der Waals surface area contributed by atoms with E-state index in [2.05, 4.69) is 20.7 Å². The summed E-state index contributed by atoms with van der Waals surface area (Å²) in [6.07, 6.45) is -0.0516. The third-order valence-electron chi connectivity index (χ3n) is 7.76. The number of rotatable bonds is 21. The quantitative estimate of drug-likeness (QED) is 0.0709. The van der Waals surface area contributed by atoms with Crippen molar-refractivity contribution in [2.45, 2.75) is 78.3 Å². The molecule has 0 radical (unpaired) electrons. The number of aliphatic hydroxyl groups excluding tert-OH is 1. The first-order chi connectivity index (χ1) is 22.0. The average Bonchev–Trinajstić information content (AvgIpc) is 3.04. The van der Waals surface area contributed by atoms with Crippen molar-refractivity contribution in [2.75, 3.05) is 26.9 Å². The number of azide groups is 1. The van der Waals surface area contributed by atoms with Gasteiger partial charge in [-0.05, 0) is 59.2 Å². The van der Waals surface area contributed by atoms with Crippen molar-refractivity contribution in [3.63, 3.8) is 0 Å². The second kappa shape index (κ2) is 20.4. The first kappa shape index (κ1) is 38.4. The zero-order chi connectivity index (χ0) is 34.1. The van der Waals surface area contributed by atoms with Crippen molar-refractivity contribution in [2.24, 2.45) is 22.9 Å². The molecule has 0 saturated heterocycles. The predicted octanol–water partition coefficient (Wildman–Crippen LogP) is 5.45. The van der Waals surface area contributed by atoms with Crippen LogP contribution in [0.25, 0.3) is 10.4 Å². The van der Waals surface area contributed by atoms with E-state index >= 15 is 0 Å². The molecule has 2 amide bonds. The molecule has 2 aromatic carbocycles. The van der Waals surface area contributed by atoms with E-state index in [4.69, 9.17) is 19.7 Å². The molecule has 0 aliphatic carbocycles. The normalized spacial score (nSPS) is 14.5. The molecule has 0 spiro atoms. The standard InChI is InChI=1S/C33H47F2N5O6/c1-6-22(4)31(33(43)37-18-23-8-11-25(34)12-9-23)38-32(42)26(21(2)3)17-29(41)28(39-40-36)20-45-19-24-10-13-27(35)30(16-24)46-15-7-14-44-5/h8-13,16,21-22,26,28-29,31,41H,6-7,14-15,17-20H2,1-5H3,(H,37,43)(H,38,42). The van der Waals surface area contributed by atoms with Crippen LogP contribution in [-0.4, -0.2) is 62.0 Å². The van der Waals surface area contributed by atoms with Gasteiger partial charge >= 0.3 is 0 Å². The van der Waals surface area contributed by atoms with Crippen molar-refractivity contribution in [3.8, 4) is 5.75 Å². The zero-order valence-electron chi connectivity index (χ0n) is 27.2. The van der Waals surface area contributed by atoms with E-state index in [0.29, 0.717) is 30.6 Å². The van der Waals surface area contributed by atoms with Gasteiger partial charge in [-0.15, -0.1) is 0 Å². The summed E-state index contributed by atoms with van der Waals surface area (Å²) in [4.78, 5) is 29.5. The van der Waals surface area contributed by atoms with E-state index in [1.54, 1.807) is 25.3 Å². The largest absolute Gasteiger partial charge is 0.490 e. The number of amides is 2. The van der Waals surface area contributed by atoms with E-state index in [9.17, 15) is 23.5 Å². The minimum atomic E-state index is -1.23. The maximum absolute atomic E-state index is 14.1. The number of benzene rings is 2. The van der Waals surface area contributed by atoms with E-state index in [0.717, 1.165) is 0 Å². The molecule has 11 nitrogen and oxygen atoms in total. The molecule has 3 N–H and O–H groups in total. The first-order valence-corrected chi connectivity index (χ1v) is 15.5. The summed E-state index contributed by atoms with van der Waals surface area (Å²) in [5, 5.41) is 20.4. The van der Waals surface area contributed by atoms with Crippen LogP contribution >= 0.6 is 0 Å². The highest BCUT2D eigenvalue weighted by Crippen LogP contribution is 2.23. The van der Waals surface area contributed by atoms with Crippen LogP contribution in [0.4, 0.5) is 8.78 Å². The number of ether oxygens (including phenoxy) is 3. The van der Waals surface area contributed by atoms with Crippen LogP contribution in [0.3, 0.4) is 0 Å². The van der Waals surface area contributed by atoms with Crippen LogP contribution in [0.5, 0.6) is 5.75 Å². The molecule has 2 rings (SSSR count). The first-order valence-electron chi connectivity index (χ1n) is 15.5. The lowest BCUT2D eigenvalue weighted by Gasteiger charge is -2.29. The Hall–Kier alpha value is -3.77. The molecular weight excluding hydrogens is 600 g/mol. The molecule has 5 unspecified atom stereocenters. The SMILES string of the molecule is CCC(C)C(NC(=O)C(CC(O)C(COCc1ccc(F)c(OCCCOC)c1)N=[N+]=[N-])C(C)C)C(=O)NCc1ccc(F)cc1. The molecule has 0 fully saturated rings. The Bertz CT molecular complexity index is 1280. The van der Waals surface area contributed by atoms with Crippen LogP contribution in [0.15, 0.2) is 47.6 Å². The third kappa shape index (κ3) is 12.9. The van der Waals surface area contributed by atoms with Gasteiger partial charge in [-0.1, -0.05) is 57.4 Å². The zero-order valence-corrected chi connectivity index (χ0v) is 27.2. The summed E-state index contributed by atoms with van der Waals surface area (Å²) in [7, 11) is 1.57. The molecule has 0 aromatic heterocycles. The summed E-state index contributed by atoms with van der Waals surface area (Å²) in [5.74, 6) is -2.72. The smallest absolute Gasteiger partial charge is 0.243 e. The molecule has 254 valence electrons. The lowest BCUT2D eigenvalue weighted by atomic mass is 9.86. The number of carbonyl (C=O) groups excluding carboxylic acids is 2. The molecule has 0 heterocycles. The third-order valence-corrected chi connectivity index (χ3v) is 7.76. The lowest BCUT2D eigenvalue weighted by Crippen LogP contribution is -2.52. The topological polar surface area (TPSA) is 155 Å². The molecule has 46 heavy (non-hydrogen) atoms. The number of carbonyl (C=O) groups is 2. The highest BCUT2D eigenvalue weighted by Gasteiger charge is 2.33. The van der Waals surface area contributed by atoms with Crippen molar-refractivity contribution in [1.82, 2.24) is 10.6 Å². The van der Waals surface area contributed by atoms with E-state index in [1.165, 1.54) is 24.3 Å². The van der Waals surface area contributed by atoms with Gasteiger partial charge in [0.2, 0.25) is 11.8 Å². The number of aliphatic hydroxyl groups is 1. The summed E-state index contributed by atoms with van der Waals surface area (Å²) in [6, 6.07) is 8.25. The summed E-state index contributed by atoms with van der Waals surface area (Å²) in [6.45, 7) is 8.24. The molecular formula is C33H47F2N5O6. The number of hydrogen-bond donors (Lipinski definition) is 3. The van der Waals surface area contributed by atoms with Crippen LogP contribution in [0, 0.1) is 29.4 Å². The van der Waals surface area contributed by atoms with E-state index in [1.807, 2.05) is 27.7 Å². The van der Waals surface area contributed by atoms with Gasteiger partial charge in [0.1, 0.15) is 11.9 Å². The highest BCUT2D eigenvalue weighted by molar-refractivity contribution is 5.88. The van der Waals surface area contributed by atoms with Gasteiger partial charge in [0.25, 0.3) is 0 Å². The van der Waals surface area contributed by atoms with Gasteiger partial charge in [-0.3, -0.25) is 9.59 Å². The van der Waals surface area contributed by atoms with Gasteiger partial charge < -0.3 is 30.0 Å². The van der Waals surface area contributed by atoms with Crippen LogP contribution in [0.1, 0.15) is 58.1 Å². The fraction of sp³-hybridized carbons (Fsp3) is 0.576. The average molecular weight is 648 g/mol. The summed E-state index contributed by atoms with van der Waals surface area (Å²) < 4.78 is 43.5. The van der Waals surface area contributed by atoms with Gasteiger partial charge in [0.15, 0.2) is 11.6 Å². The molecule has 5 atom stereocenters. The molecule has 0 aliphatic rings. The van der Waals surface area contributed by atoms with Crippen LogP contribution in [0.2, 0.25) is 0 Å². The summed E-state index contributed by atoms with van der Waals surface area (Å²) >= 11 is 0. The maximum Gasteiger partial charge on any atom is 0.243 e. The number of halogens is 2. The van der Waals surface area contributed by atoms with Gasteiger partial charge in [-0.25, -0.2) is 8.78 Å². The Balaban J connectivity index is 2.02. The van der Waals surface area contributed by atoms with Crippen molar-refractivity contribution in [3.05, 3.63) is 75.7 Å². The molecule has 0 bridgehead atoms. The lowest BCUT2D eigenvalue weighted by molar-refractivity contribution is -0.134. The van der Waals surface area contributed by atoms with Crippen molar-refractivity contribution < 1.29 is 37.7 Å². The fourth-order valence-electron chi connectivity index (χ4n) is 4.68. The van der Waals surface area contributed by atoms with Crippen molar-refractivity contribution in [1.29, 1.82) is 0 Å². The van der Waals surface area contributed by atoms with Gasteiger partial charge in [0.05, 0.1) is 32.0 Å². The Morgan fingerprint density at radius 3 is 2.37 bits per heavy atom. The molecule has 2 aromatic rings. The number of nitrogens with one attached hydrogen (secondary N) is 2. The van der Waals surface area contributed by atoms with Crippen molar-refractivity contribution >= 4 is 11.8 Å². The van der Waals surface area contributed by atoms with Gasteiger partial charge in [0, 0.05) is 37.5 Å². The monoisotopic (exact) mass is 647 g/mol. The van der Waals surface area contributed by atoms with Crippen LogP contribution < -0.4 is 15.4 Å². The summed E-state index contributed by atoms with van der Waals surface area (Å²) in [5.41, 5.74) is 10.5. The maximum atomic E-state index is 14.1. The Morgan fingerprint density at radius 2 is 1.74 bits per heavy atom. The van der Waals surface area contributed by atoms with Crippen LogP contribution in [-0.2, 0) is 32.2 Å². The predicted molar refractivity (Wildman–Crippen MR) is 170 cm³/mol. The number of nitrogens with zero attached hydrogens (tertiary/aromatic N) is 3. The molecule has 0 aliphatic heterocycles. The van der Waals surface area contributed by atoms with E-state index < -0.39 is 35.8 Å². The fourth-order valence-corrected chi connectivity index (χ4v) is 4.68. The van der Waals surface area contributed by atoms with E-state index in [-0.39, 0.29) is 62.1 Å². The Kier molecular flexibility index (Phi) is 17.0. The minimum absolute atomic E-state index is 0.0383.